The lowest BCUT2D eigenvalue weighted by atomic mass is 10.2. The highest BCUT2D eigenvalue weighted by Crippen LogP contribution is 2.16. The van der Waals surface area contributed by atoms with Gasteiger partial charge in [0.2, 0.25) is 5.91 Å². The fraction of sp³-hybridized carbons (Fsp3) is 0.273. The predicted molar refractivity (Wildman–Crippen MR) is 62.0 cm³/mol. The number of benzene rings is 1. The molecule has 3 amide bonds. The number of hydrogen-bond donors (Lipinski definition) is 3. The number of carbonyl (C=O) groups is 2. The van der Waals surface area contributed by atoms with E-state index < -0.39 is 29.6 Å². The molecule has 0 aromatic heterocycles. The van der Waals surface area contributed by atoms with Crippen molar-refractivity contribution in [1.29, 1.82) is 0 Å². The summed E-state index contributed by atoms with van der Waals surface area (Å²) in [7, 11) is 1.35. The second-order valence-corrected chi connectivity index (χ2v) is 3.56. The highest BCUT2D eigenvalue weighted by atomic mass is 19.1. The fourth-order valence-corrected chi connectivity index (χ4v) is 1.19. The zero-order valence-electron chi connectivity index (χ0n) is 9.88. The highest BCUT2D eigenvalue weighted by molar-refractivity contribution is 5.97. The minimum atomic E-state index is -0.890. The molecular formula is C11H13F2N3O2. The van der Waals surface area contributed by atoms with Crippen LogP contribution in [0.1, 0.15) is 6.92 Å². The van der Waals surface area contributed by atoms with Crippen LogP contribution in [0.5, 0.6) is 0 Å². The first-order chi connectivity index (χ1) is 8.43. The molecule has 0 saturated heterocycles. The van der Waals surface area contributed by atoms with Crippen molar-refractivity contribution >= 4 is 17.6 Å². The van der Waals surface area contributed by atoms with Crippen LogP contribution in [-0.2, 0) is 4.79 Å². The number of nitrogens with one attached hydrogen (secondary N) is 3. The summed E-state index contributed by atoms with van der Waals surface area (Å²) in [5, 5.41) is 6.69. The zero-order valence-corrected chi connectivity index (χ0v) is 9.88. The number of urea groups is 1. The lowest BCUT2D eigenvalue weighted by Crippen LogP contribution is -2.44. The van der Waals surface area contributed by atoms with E-state index in [2.05, 4.69) is 10.6 Å². The van der Waals surface area contributed by atoms with Gasteiger partial charge in [0.1, 0.15) is 17.7 Å². The Hall–Kier alpha value is -2.18. The van der Waals surface area contributed by atoms with E-state index in [1.165, 1.54) is 14.0 Å². The molecule has 0 bridgehead atoms. The van der Waals surface area contributed by atoms with Gasteiger partial charge in [-0.25, -0.2) is 13.6 Å². The first-order valence-electron chi connectivity index (χ1n) is 5.18. The quantitative estimate of drug-likeness (QED) is 0.762. The SMILES string of the molecule is CNC(=O)NC(=O)C(C)Nc1cc(F)ccc1F. The van der Waals surface area contributed by atoms with Crippen molar-refractivity contribution in [1.82, 2.24) is 10.6 Å². The van der Waals surface area contributed by atoms with E-state index in [4.69, 9.17) is 0 Å². The minimum Gasteiger partial charge on any atom is -0.371 e. The van der Waals surface area contributed by atoms with Crippen LogP contribution in [0.3, 0.4) is 0 Å². The van der Waals surface area contributed by atoms with Gasteiger partial charge in [0.05, 0.1) is 5.69 Å². The van der Waals surface area contributed by atoms with Crippen molar-refractivity contribution in [2.45, 2.75) is 13.0 Å². The van der Waals surface area contributed by atoms with Gasteiger partial charge in [-0.1, -0.05) is 0 Å². The van der Waals surface area contributed by atoms with Gasteiger partial charge >= 0.3 is 6.03 Å². The number of hydrogen-bond acceptors (Lipinski definition) is 3. The molecule has 5 nitrogen and oxygen atoms in total. The van der Waals surface area contributed by atoms with Crippen LogP contribution in [0.4, 0.5) is 19.3 Å². The number of anilines is 1. The molecule has 7 heteroatoms. The van der Waals surface area contributed by atoms with Gasteiger partial charge in [-0.15, -0.1) is 0 Å². The molecule has 98 valence electrons. The number of rotatable bonds is 3. The molecule has 1 aromatic rings. The average Bonchev–Trinajstić information content (AvgIpc) is 2.33. The predicted octanol–water partition coefficient (Wildman–Crippen LogP) is 1.22. The Balaban J connectivity index is 2.69. The number of halogens is 2. The molecule has 3 N–H and O–H groups in total. The topological polar surface area (TPSA) is 70.2 Å². The van der Waals surface area contributed by atoms with E-state index in [1.54, 1.807) is 0 Å². The van der Waals surface area contributed by atoms with Gasteiger partial charge in [-0.2, -0.15) is 0 Å². The molecule has 0 aliphatic carbocycles. The largest absolute Gasteiger partial charge is 0.371 e. The molecule has 1 rings (SSSR count). The molecule has 1 unspecified atom stereocenters. The maximum atomic E-state index is 13.3. The summed E-state index contributed by atoms with van der Waals surface area (Å²) in [5.41, 5.74) is -0.144. The van der Waals surface area contributed by atoms with Crippen molar-refractivity contribution in [3.05, 3.63) is 29.8 Å². The second-order valence-electron chi connectivity index (χ2n) is 3.56. The zero-order chi connectivity index (χ0) is 13.7. The maximum Gasteiger partial charge on any atom is 0.321 e. The van der Waals surface area contributed by atoms with Crippen LogP contribution < -0.4 is 16.0 Å². The van der Waals surface area contributed by atoms with Gasteiger partial charge in [-0.3, -0.25) is 10.1 Å². The lowest BCUT2D eigenvalue weighted by molar-refractivity contribution is -0.120. The summed E-state index contributed by atoms with van der Waals surface area (Å²) in [4.78, 5) is 22.4. The van der Waals surface area contributed by atoms with Gasteiger partial charge in [-0.05, 0) is 25.1 Å². The molecular weight excluding hydrogens is 244 g/mol. The molecule has 1 aromatic carbocycles. The monoisotopic (exact) mass is 257 g/mol. The molecule has 0 spiro atoms. The smallest absolute Gasteiger partial charge is 0.321 e. The van der Waals surface area contributed by atoms with Gasteiger partial charge in [0.15, 0.2) is 0 Å². The first kappa shape index (κ1) is 13.9. The summed E-state index contributed by atoms with van der Waals surface area (Å²) >= 11 is 0. The van der Waals surface area contributed by atoms with E-state index >= 15 is 0 Å². The van der Waals surface area contributed by atoms with E-state index in [0.717, 1.165) is 18.2 Å². The molecule has 0 fully saturated rings. The summed E-state index contributed by atoms with van der Waals surface area (Å²) in [6, 6.07) is 1.28. The molecule has 1 atom stereocenters. The van der Waals surface area contributed by atoms with Crippen molar-refractivity contribution in [3.63, 3.8) is 0 Å². The van der Waals surface area contributed by atoms with Gasteiger partial charge in [0.25, 0.3) is 0 Å². The third-order valence-electron chi connectivity index (χ3n) is 2.16. The first-order valence-corrected chi connectivity index (χ1v) is 5.18. The molecule has 18 heavy (non-hydrogen) atoms. The second kappa shape index (κ2) is 5.95. The molecule has 0 aliphatic rings. The van der Waals surface area contributed by atoms with E-state index in [9.17, 15) is 18.4 Å². The summed E-state index contributed by atoms with van der Waals surface area (Å²) in [6.07, 6.45) is 0. The van der Waals surface area contributed by atoms with Crippen molar-refractivity contribution in [2.75, 3.05) is 12.4 Å². The Labute approximate surface area is 103 Å². The summed E-state index contributed by atoms with van der Waals surface area (Å²) in [5.74, 6) is -1.97. The van der Waals surface area contributed by atoms with Gasteiger partial charge < -0.3 is 10.6 Å². The standard InChI is InChI=1S/C11H13F2N3O2/c1-6(10(17)16-11(18)14-2)15-9-5-7(12)3-4-8(9)13/h3-6,15H,1-2H3,(H2,14,16,17,18). The van der Waals surface area contributed by atoms with Crippen LogP contribution in [0.25, 0.3) is 0 Å². The minimum absolute atomic E-state index is 0.144. The normalized spacial score (nSPS) is 11.6. The average molecular weight is 257 g/mol. The Kier molecular flexibility index (Phi) is 4.59. The van der Waals surface area contributed by atoms with Crippen LogP contribution in [-0.4, -0.2) is 25.0 Å². The van der Waals surface area contributed by atoms with Crippen molar-refractivity contribution < 1.29 is 18.4 Å². The molecule has 0 radical (unpaired) electrons. The Morgan fingerprint density at radius 1 is 1.28 bits per heavy atom. The fourth-order valence-electron chi connectivity index (χ4n) is 1.19. The lowest BCUT2D eigenvalue weighted by Gasteiger charge is -2.15. The number of amides is 3. The highest BCUT2D eigenvalue weighted by Gasteiger charge is 2.16. The van der Waals surface area contributed by atoms with E-state index in [0.29, 0.717) is 0 Å². The third-order valence-corrected chi connectivity index (χ3v) is 2.16. The van der Waals surface area contributed by atoms with Crippen molar-refractivity contribution in [3.8, 4) is 0 Å². The van der Waals surface area contributed by atoms with Crippen LogP contribution in [0.2, 0.25) is 0 Å². The Morgan fingerprint density at radius 2 is 1.94 bits per heavy atom. The summed E-state index contributed by atoms with van der Waals surface area (Å²) in [6.45, 7) is 1.42. The maximum absolute atomic E-state index is 13.3. The van der Waals surface area contributed by atoms with Crippen molar-refractivity contribution in [2.24, 2.45) is 0 Å². The van der Waals surface area contributed by atoms with Crippen LogP contribution in [0.15, 0.2) is 18.2 Å². The van der Waals surface area contributed by atoms with Crippen LogP contribution in [0, 0.1) is 11.6 Å². The number of imide groups is 1. The van der Waals surface area contributed by atoms with Crippen LogP contribution >= 0.6 is 0 Å². The summed E-state index contributed by atoms with van der Waals surface area (Å²) < 4.78 is 26.2. The molecule has 0 saturated carbocycles. The molecule has 0 heterocycles. The van der Waals surface area contributed by atoms with Gasteiger partial charge in [0, 0.05) is 7.05 Å². The Bertz CT molecular complexity index is 466. The Morgan fingerprint density at radius 3 is 2.56 bits per heavy atom. The van der Waals surface area contributed by atoms with E-state index in [-0.39, 0.29) is 5.69 Å². The van der Waals surface area contributed by atoms with E-state index in [1.807, 2.05) is 5.32 Å². The third kappa shape index (κ3) is 3.69. The number of carbonyl (C=O) groups excluding carboxylic acids is 2. The molecule has 0 aliphatic heterocycles.